The summed E-state index contributed by atoms with van der Waals surface area (Å²) in [6, 6.07) is 38.2. The van der Waals surface area contributed by atoms with E-state index in [0.717, 1.165) is 44.2 Å². The number of carbonyl (C=O) groups excluding carboxylic acids is 1. The van der Waals surface area contributed by atoms with Crippen LogP contribution in [0.2, 0.25) is 0 Å². The summed E-state index contributed by atoms with van der Waals surface area (Å²) in [5.74, 6) is -0.105. The van der Waals surface area contributed by atoms with Crippen molar-refractivity contribution in [2.24, 2.45) is 0 Å². The fourth-order valence-electron chi connectivity index (χ4n) is 4.49. The number of amides is 1. The Morgan fingerprint density at radius 3 is 2.03 bits per heavy atom. The predicted octanol–water partition coefficient (Wildman–Crippen LogP) is 7.30. The van der Waals surface area contributed by atoms with E-state index in [-0.39, 0.29) is 5.91 Å². The van der Waals surface area contributed by atoms with Crippen LogP contribution >= 0.6 is 0 Å². The minimum absolute atomic E-state index is 0.105. The summed E-state index contributed by atoms with van der Waals surface area (Å²) in [5, 5.41) is 1.99. The van der Waals surface area contributed by atoms with Crippen LogP contribution in [0, 0.1) is 0 Å². The molecule has 0 unspecified atom stereocenters. The molecule has 1 amide bonds. The first kappa shape index (κ1) is 21.7. The Morgan fingerprint density at radius 1 is 0.611 bits per heavy atom. The number of carbonyl (C=O) groups is 1. The Labute approximate surface area is 209 Å². The van der Waals surface area contributed by atoms with Crippen molar-refractivity contribution in [1.29, 1.82) is 0 Å². The lowest BCUT2D eigenvalue weighted by Crippen LogP contribution is -2.30. The second-order valence-corrected chi connectivity index (χ2v) is 8.76. The number of pyridine rings is 2. The van der Waals surface area contributed by atoms with E-state index in [1.807, 2.05) is 96.0 Å². The fraction of sp³-hybridized carbons (Fsp3) is 0.0312. The first-order valence-electron chi connectivity index (χ1n) is 11.9. The van der Waals surface area contributed by atoms with Gasteiger partial charge >= 0.3 is 0 Å². The Morgan fingerprint density at radius 2 is 1.25 bits per heavy atom. The normalized spacial score (nSPS) is 11.0. The number of fused-ring (bicyclic) bond motifs is 2. The van der Waals surface area contributed by atoms with Gasteiger partial charge in [0, 0.05) is 28.9 Å². The molecule has 4 aromatic carbocycles. The molecule has 0 radical (unpaired) electrons. The summed E-state index contributed by atoms with van der Waals surface area (Å²) in [7, 11) is 0. The molecule has 0 aliphatic heterocycles. The van der Waals surface area contributed by atoms with Gasteiger partial charge in [-0.1, -0.05) is 78.9 Å². The lowest BCUT2D eigenvalue weighted by atomic mass is 10.0. The van der Waals surface area contributed by atoms with Gasteiger partial charge in [0.1, 0.15) is 0 Å². The third kappa shape index (κ3) is 4.32. The van der Waals surface area contributed by atoms with Crippen LogP contribution in [-0.2, 0) is 6.54 Å². The van der Waals surface area contributed by atoms with E-state index in [9.17, 15) is 4.79 Å². The van der Waals surface area contributed by atoms with Gasteiger partial charge in [0.15, 0.2) is 0 Å². The molecule has 6 rings (SSSR count). The molecular weight excluding hydrogens is 442 g/mol. The maximum Gasteiger partial charge on any atom is 0.260 e. The number of hydrogen-bond donors (Lipinski definition) is 0. The Hall–Kier alpha value is -4.83. The van der Waals surface area contributed by atoms with E-state index in [1.165, 1.54) is 0 Å². The number of aromatic nitrogens is 2. The Bertz CT molecular complexity index is 1690. The standard InChI is InChI=1S/C32H23N3O/c36-32(28-18-27-12-5-7-16-31(27)34-21-28)35(22-23-17-26-11-4-6-15-30(26)33-20-23)29-14-8-13-25(19-29)24-9-2-1-3-10-24/h1-21H,22H2. The third-order valence-corrected chi connectivity index (χ3v) is 6.34. The highest BCUT2D eigenvalue weighted by molar-refractivity contribution is 6.07. The molecule has 172 valence electrons. The van der Waals surface area contributed by atoms with Crippen molar-refractivity contribution in [3.8, 4) is 11.1 Å². The zero-order valence-electron chi connectivity index (χ0n) is 19.6. The summed E-state index contributed by atoms with van der Waals surface area (Å²) in [6.45, 7) is 0.391. The molecular formula is C32H23N3O. The largest absolute Gasteiger partial charge is 0.304 e. The quantitative estimate of drug-likeness (QED) is 0.268. The number of nitrogens with zero attached hydrogens (tertiary/aromatic N) is 3. The van der Waals surface area contributed by atoms with Gasteiger partial charge in [-0.3, -0.25) is 14.8 Å². The summed E-state index contributed by atoms with van der Waals surface area (Å²) in [4.78, 5) is 24.9. The first-order chi connectivity index (χ1) is 17.7. The van der Waals surface area contributed by atoms with Gasteiger partial charge in [0.2, 0.25) is 0 Å². The lowest BCUT2D eigenvalue weighted by Gasteiger charge is -2.24. The predicted molar refractivity (Wildman–Crippen MR) is 146 cm³/mol. The highest BCUT2D eigenvalue weighted by Gasteiger charge is 2.20. The van der Waals surface area contributed by atoms with Gasteiger partial charge in [-0.15, -0.1) is 0 Å². The van der Waals surface area contributed by atoms with Gasteiger partial charge in [0.05, 0.1) is 23.1 Å². The number of benzene rings is 4. The molecule has 4 nitrogen and oxygen atoms in total. The molecule has 36 heavy (non-hydrogen) atoms. The van der Waals surface area contributed by atoms with Crippen LogP contribution in [0.1, 0.15) is 15.9 Å². The summed E-state index contributed by atoms with van der Waals surface area (Å²) >= 11 is 0. The van der Waals surface area contributed by atoms with Gasteiger partial charge in [-0.25, -0.2) is 0 Å². The van der Waals surface area contributed by atoms with E-state index < -0.39 is 0 Å². The van der Waals surface area contributed by atoms with E-state index in [4.69, 9.17) is 0 Å². The van der Waals surface area contributed by atoms with E-state index in [2.05, 4.69) is 40.3 Å². The van der Waals surface area contributed by atoms with Crippen molar-refractivity contribution in [1.82, 2.24) is 9.97 Å². The molecule has 0 saturated carbocycles. The van der Waals surface area contributed by atoms with Crippen molar-refractivity contribution in [3.63, 3.8) is 0 Å². The van der Waals surface area contributed by atoms with Crippen LogP contribution in [-0.4, -0.2) is 15.9 Å². The highest BCUT2D eigenvalue weighted by Crippen LogP contribution is 2.28. The lowest BCUT2D eigenvalue weighted by molar-refractivity contribution is 0.0985. The molecule has 0 saturated heterocycles. The van der Waals surface area contributed by atoms with Gasteiger partial charge < -0.3 is 4.90 Å². The number of hydrogen-bond acceptors (Lipinski definition) is 3. The van der Waals surface area contributed by atoms with Crippen LogP contribution in [0.15, 0.2) is 128 Å². The van der Waals surface area contributed by atoms with Gasteiger partial charge in [-0.05, 0) is 53.1 Å². The molecule has 0 spiro atoms. The van der Waals surface area contributed by atoms with Crippen molar-refractivity contribution >= 4 is 33.4 Å². The topological polar surface area (TPSA) is 46.1 Å². The number of anilines is 1. The second-order valence-electron chi connectivity index (χ2n) is 8.76. The molecule has 6 aromatic rings. The fourth-order valence-corrected chi connectivity index (χ4v) is 4.49. The van der Waals surface area contributed by atoms with Crippen molar-refractivity contribution < 1.29 is 4.79 Å². The van der Waals surface area contributed by atoms with Crippen LogP contribution in [0.3, 0.4) is 0 Å². The van der Waals surface area contributed by atoms with E-state index >= 15 is 0 Å². The van der Waals surface area contributed by atoms with Crippen LogP contribution in [0.25, 0.3) is 32.9 Å². The minimum Gasteiger partial charge on any atom is -0.304 e. The molecule has 0 atom stereocenters. The Kier molecular flexibility index (Phi) is 5.68. The molecule has 0 aliphatic rings. The minimum atomic E-state index is -0.105. The van der Waals surface area contributed by atoms with E-state index in [0.29, 0.717) is 12.1 Å². The first-order valence-corrected chi connectivity index (χ1v) is 11.9. The summed E-state index contributed by atoms with van der Waals surface area (Å²) in [6.07, 6.45) is 3.51. The maximum atomic E-state index is 14.0. The smallest absolute Gasteiger partial charge is 0.260 e. The van der Waals surface area contributed by atoms with Gasteiger partial charge in [0.25, 0.3) is 5.91 Å². The second kappa shape index (κ2) is 9.43. The average Bonchev–Trinajstić information content (AvgIpc) is 2.96. The molecule has 0 aliphatic carbocycles. The maximum absolute atomic E-state index is 14.0. The monoisotopic (exact) mass is 465 g/mol. The van der Waals surface area contributed by atoms with Gasteiger partial charge in [-0.2, -0.15) is 0 Å². The van der Waals surface area contributed by atoms with Crippen LogP contribution in [0.5, 0.6) is 0 Å². The zero-order chi connectivity index (χ0) is 24.3. The molecule has 0 N–H and O–H groups in total. The third-order valence-electron chi connectivity index (χ3n) is 6.34. The number of rotatable bonds is 5. The zero-order valence-corrected chi connectivity index (χ0v) is 19.6. The average molecular weight is 466 g/mol. The SMILES string of the molecule is O=C(c1cnc2ccccc2c1)N(Cc1cnc2ccccc2c1)c1cccc(-c2ccccc2)c1. The number of para-hydroxylation sites is 2. The Balaban J connectivity index is 1.43. The van der Waals surface area contributed by atoms with E-state index in [1.54, 1.807) is 6.20 Å². The molecule has 2 aromatic heterocycles. The van der Waals surface area contributed by atoms with Crippen LogP contribution in [0.4, 0.5) is 5.69 Å². The van der Waals surface area contributed by atoms with Crippen molar-refractivity contribution in [2.45, 2.75) is 6.54 Å². The van der Waals surface area contributed by atoms with Crippen molar-refractivity contribution in [2.75, 3.05) is 4.90 Å². The molecule has 0 bridgehead atoms. The van der Waals surface area contributed by atoms with Crippen LogP contribution < -0.4 is 4.90 Å². The molecule has 2 heterocycles. The molecule has 0 fully saturated rings. The highest BCUT2D eigenvalue weighted by atomic mass is 16.2. The molecule has 4 heteroatoms. The summed E-state index contributed by atoms with van der Waals surface area (Å²) in [5.41, 5.74) is 6.29. The summed E-state index contributed by atoms with van der Waals surface area (Å²) < 4.78 is 0. The van der Waals surface area contributed by atoms with Crippen molar-refractivity contribution in [3.05, 3.63) is 139 Å².